The summed E-state index contributed by atoms with van der Waals surface area (Å²) in [5.41, 5.74) is 0. The Morgan fingerprint density at radius 3 is 2.24 bits per heavy atom. The summed E-state index contributed by atoms with van der Waals surface area (Å²) in [6.45, 7) is 4.70. The van der Waals surface area contributed by atoms with Crippen LogP contribution in [0.3, 0.4) is 0 Å². The smallest absolute Gasteiger partial charge is 0.203 e. The molecule has 1 unspecified atom stereocenters. The molecule has 0 aliphatic heterocycles. The molecule has 0 saturated carbocycles. The lowest BCUT2D eigenvalue weighted by Crippen LogP contribution is -1.87. The highest BCUT2D eigenvalue weighted by molar-refractivity contribution is 8.99. The number of benzene rings is 1. The molecule has 0 saturated heterocycles. The topological polar surface area (TPSA) is 43.4 Å². The van der Waals surface area contributed by atoms with Gasteiger partial charge in [-0.15, -0.1) is 0 Å². The minimum Gasteiger partial charge on any atom is -0.334 e. The van der Waals surface area contributed by atoms with Gasteiger partial charge < -0.3 is 4.52 Å². The van der Waals surface area contributed by atoms with Gasteiger partial charge in [-0.05, 0) is 49.4 Å². The van der Waals surface area contributed by atoms with Crippen LogP contribution in [0.4, 0.5) is 0 Å². The first-order valence-electron chi connectivity index (χ1n) is 6.36. The van der Waals surface area contributed by atoms with Crippen LogP contribution in [0.2, 0.25) is 0 Å². The average Bonchev–Trinajstić information content (AvgIpc) is 2.37. The van der Waals surface area contributed by atoms with E-state index in [1.165, 1.54) is 6.26 Å². The maximum Gasteiger partial charge on any atom is 0.203 e. The van der Waals surface area contributed by atoms with Crippen LogP contribution in [0.1, 0.15) is 20.3 Å². The summed E-state index contributed by atoms with van der Waals surface area (Å²) in [5.74, 6) is 0.992. The maximum atomic E-state index is 11.2. The van der Waals surface area contributed by atoms with Crippen LogP contribution in [0.5, 0.6) is 0 Å². The SMILES string of the molecule is CCCSP(=S)(OCC)Sc1ccc(SS(C)(=O)=O)cc1. The van der Waals surface area contributed by atoms with E-state index in [2.05, 4.69) is 6.92 Å². The molecule has 0 bridgehead atoms. The van der Waals surface area contributed by atoms with E-state index in [9.17, 15) is 8.42 Å². The van der Waals surface area contributed by atoms with Crippen molar-refractivity contribution in [3.05, 3.63) is 24.3 Å². The van der Waals surface area contributed by atoms with Crippen LogP contribution in [0.25, 0.3) is 0 Å². The first-order valence-corrected chi connectivity index (χ1v) is 15.3. The van der Waals surface area contributed by atoms with E-state index >= 15 is 0 Å². The molecule has 0 fully saturated rings. The summed E-state index contributed by atoms with van der Waals surface area (Å²) in [7, 11) is -2.22. The van der Waals surface area contributed by atoms with Crippen molar-refractivity contribution in [3.8, 4) is 0 Å². The van der Waals surface area contributed by atoms with Crippen molar-refractivity contribution in [3.63, 3.8) is 0 Å². The molecule has 1 aromatic rings. The second-order valence-electron chi connectivity index (χ2n) is 4.05. The molecule has 21 heavy (non-hydrogen) atoms. The van der Waals surface area contributed by atoms with Gasteiger partial charge in [0, 0.05) is 32.6 Å². The summed E-state index contributed by atoms with van der Waals surface area (Å²) < 4.78 is 26.3. The van der Waals surface area contributed by atoms with Crippen molar-refractivity contribution in [2.24, 2.45) is 0 Å². The van der Waals surface area contributed by atoms with Gasteiger partial charge in [0.25, 0.3) is 0 Å². The first kappa shape index (κ1) is 19.9. The Morgan fingerprint density at radius 2 is 1.76 bits per heavy atom. The van der Waals surface area contributed by atoms with E-state index in [1.54, 1.807) is 22.8 Å². The maximum absolute atomic E-state index is 11.2. The molecule has 0 aliphatic rings. The third-order valence-corrected chi connectivity index (χ3v) is 13.5. The summed E-state index contributed by atoms with van der Waals surface area (Å²) in [4.78, 5) is 1.74. The van der Waals surface area contributed by atoms with E-state index in [0.717, 1.165) is 27.9 Å². The molecular weight excluding hydrogens is 383 g/mol. The molecule has 1 atom stereocenters. The molecule has 0 aliphatic carbocycles. The second kappa shape index (κ2) is 9.21. The normalized spacial score (nSPS) is 14.8. The fourth-order valence-corrected chi connectivity index (χ4v) is 11.9. The monoisotopic (exact) mass is 402 g/mol. The summed E-state index contributed by atoms with van der Waals surface area (Å²) in [6.07, 6.45) is 2.28. The average molecular weight is 403 g/mol. The van der Waals surface area contributed by atoms with Crippen molar-refractivity contribution in [1.82, 2.24) is 0 Å². The van der Waals surface area contributed by atoms with E-state index < -0.39 is 13.5 Å². The molecule has 1 aromatic carbocycles. The highest BCUT2D eigenvalue weighted by atomic mass is 33.2. The fourth-order valence-electron chi connectivity index (χ4n) is 1.31. The standard InChI is InChI=1S/C12H19O3PS5/c1-4-10-18-16(17,15-5-2)19-11-6-8-12(9-7-11)20-21(3,13)14/h6-9H,4-5,10H2,1-3H3. The van der Waals surface area contributed by atoms with E-state index in [1.807, 2.05) is 31.2 Å². The van der Waals surface area contributed by atoms with Crippen LogP contribution >= 0.6 is 38.2 Å². The van der Waals surface area contributed by atoms with Gasteiger partial charge in [0.15, 0.2) is 4.67 Å². The second-order valence-corrected chi connectivity index (χ2v) is 18.9. The zero-order chi connectivity index (χ0) is 15.9. The predicted molar refractivity (Wildman–Crippen MR) is 102 cm³/mol. The Balaban J connectivity index is 2.78. The lowest BCUT2D eigenvalue weighted by atomic mass is 10.4. The van der Waals surface area contributed by atoms with Crippen LogP contribution in [0.15, 0.2) is 34.1 Å². The molecule has 120 valence electrons. The highest BCUT2D eigenvalue weighted by Crippen LogP contribution is 2.72. The molecule has 0 radical (unpaired) electrons. The van der Waals surface area contributed by atoms with Crippen molar-refractivity contribution in [2.45, 2.75) is 30.1 Å². The Morgan fingerprint density at radius 1 is 1.19 bits per heavy atom. The van der Waals surface area contributed by atoms with Crippen LogP contribution < -0.4 is 0 Å². The van der Waals surface area contributed by atoms with Gasteiger partial charge in [-0.25, -0.2) is 8.42 Å². The fraction of sp³-hybridized carbons (Fsp3) is 0.500. The van der Waals surface area contributed by atoms with E-state index in [0.29, 0.717) is 11.5 Å². The minimum atomic E-state index is -3.08. The first-order chi connectivity index (χ1) is 9.78. The third kappa shape index (κ3) is 8.30. The van der Waals surface area contributed by atoms with Gasteiger partial charge in [-0.3, -0.25) is 0 Å². The number of rotatable bonds is 9. The Labute approximate surface area is 144 Å². The Hall–Kier alpha value is 0.830. The zero-order valence-corrected chi connectivity index (χ0v) is 17.1. The molecular formula is C12H19O3PS5. The summed E-state index contributed by atoms with van der Waals surface area (Å²) in [6, 6.07) is 7.43. The highest BCUT2D eigenvalue weighted by Gasteiger charge is 2.19. The lowest BCUT2D eigenvalue weighted by Gasteiger charge is -2.19. The van der Waals surface area contributed by atoms with Crippen LogP contribution in [0, 0.1) is 0 Å². The molecule has 1 rings (SSSR count). The Kier molecular flexibility index (Phi) is 8.71. The van der Waals surface area contributed by atoms with Gasteiger partial charge in [-0.1, -0.05) is 29.7 Å². The molecule has 0 aromatic heterocycles. The molecule has 0 N–H and O–H groups in total. The number of hydrogen-bond donors (Lipinski definition) is 0. The van der Waals surface area contributed by atoms with E-state index in [4.69, 9.17) is 16.3 Å². The van der Waals surface area contributed by atoms with Gasteiger partial charge >= 0.3 is 0 Å². The van der Waals surface area contributed by atoms with Crippen molar-refractivity contribution in [2.75, 3.05) is 18.6 Å². The van der Waals surface area contributed by atoms with Gasteiger partial charge in [0.05, 0.1) is 6.61 Å². The molecule has 9 heteroatoms. The third-order valence-electron chi connectivity index (χ3n) is 2.03. The van der Waals surface area contributed by atoms with Crippen molar-refractivity contribution in [1.29, 1.82) is 0 Å². The van der Waals surface area contributed by atoms with Crippen LogP contribution in [-0.4, -0.2) is 27.0 Å². The van der Waals surface area contributed by atoms with E-state index in [-0.39, 0.29) is 0 Å². The lowest BCUT2D eigenvalue weighted by molar-refractivity contribution is 0.393. The Bertz CT molecular complexity index is 585. The largest absolute Gasteiger partial charge is 0.334 e. The van der Waals surface area contributed by atoms with Gasteiger partial charge in [-0.2, -0.15) is 0 Å². The molecule has 0 heterocycles. The minimum absolute atomic E-state index is 0.614. The predicted octanol–water partition coefficient (Wildman–Crippen LogP) is 5.23. The van der Waals surface area contributed by atoms with Crippen molar-refractivity contribution < 1.29 is 12.9 Å². The van der Waals surface area contributed by atoms with Gasteiger partial charge in [0.1, 0.15) is 0 Å². The molecule has 0 spiro atoms. The van der Waals surface area contributed by atoms with Crippen LogP contribution in [-0.2, 0) is 25.2 Å². The molecule has 0 amide bonds. The summed E-state index contributed by atoms with van der Waals surface area (Å²) >= 11 is 9.00. The van der Waals surface area contributed by atoms with Crippen molar-refractivity contribution >= 4 is 58.9 Å². The quantitative estimate of drug-likeness (QED) is 0.413. The zero-order valence-electron chi connectivity index (χ0n) is 12.1. The van der Waals surface area contributed by atoms with Gasteiger partial charge in [0.2, 0.25) is 8.87 Å². The summed E-state index contributed by atoms with van der Waals surface area (Å²) in [5, 5.41) is 0. The number of hydrogen-bond acceptors (Lipinski definition) is 7. The molecule has 3 nitrogen and oxygen atoms in total.